The molecule has 0 bridgehead atoms. The molecule has 0 atom stereocenters. The van der Waals surface area contributed by atoms with Gasteiger partial charge < -0.3 is 10.1 Å². The van der Waals surface area contributed by atoms with E-state index >= 15 is 0 Å². The van der Waals surface area contributed by atoms with Crippen molar-refractivity contribution >= 4 is 17.0 Å². The average Bonchev–Trinajstić information content (AvgIpc) is 3.28. The minimum Gasteiger partial charge on any atom is -0.489 e. The predicted molar refractivity (Wildman–Crippen MR) is 122 cm³/mol. The normalized spacial score (nSPS) is 10.9. The van der Waals surface area contributed by atoms with Gasteiger partial charge in [-0.2, -0.15) is 10.1 Å². The van der Waals surface area contributed by atoms with E-state index in [9.17, 15) is 4.79 Å². The zero-order valence-corrected chi connectivity index (χ0v) is 17.1. The molecule has 0 aliphatic heterocycles. The summed E-state index contributed by atoms with van der Waals surface area (Å²) >= 11 is 0. The summed E-state index contributed by atoms with van der Waals surface area (Å²) in [7, 11) is 0. The molecule has 158 valence electrons. The molecular formula is C24H20N6O2. The third-order valence-electron chi connectivity index (χ3n) is 4.95. The van der Waals surface area contributed by atoms with Crippen molar-refractivity contribution in [2.75, 3.05) is 5.32 Å². The number of pyridine rings is 1. The van der Waals surface area contributed by atoms with E-state index in [1.165, 1.54) is 6.20 Å². The Morgan fingerprint density at radius 1 is 0.938 bits per heavy atom. The summed E-state index contributed by atoms with van der Waals surface area (Å²) in [6, 6.07) is 21.2. The third kappa shape index (κ3) is 4.20. The number of H-pyrrole nitrogens is 1. The monoisotopic (exact) mass is 424 g/mol. The number of hydrogen-bond donors (Lipinski definition) is 2. The van der Waals surface area contributed by atoms with Gasteiger partial charge in [-0.3, -0.25) is 14.8 Å². The number of benzene rings is 2. The van der Waals surface area contributed by atoms with Gasteiger partial charge in [0.05, 0.1) is 11.9 Å². The summed E-state index contributed by atoms with van der Waals surface area (Å²) in [4.78, 5) is 23.9. The molecule has 2 N–H and O–H groups in total. The molecule has 2 aromatic carbocycles. The number of nitrogens with one attached hydrogen (secondary N) is 2. The van der Waals surface area contributed by atoms with Gasteiger partial charge >= 0.3 is 0 Å². The first-order valence-corrected chi connectivity index (χ1v) is 10.1. The molecule has 0 radical (unpaired) electrons. The smallest absolute Gasteiger partial charge is 0.263 e. The second-order valence-corrected chi connectivity index (χ2v) is 7.19. The van der Waals surface area contributed by atoms with Gasteiger partial charge in [0.25, 0.3) is 5.56 Å². The molecule has 0 aliphatic rings. The second kappa shape index (κ2) is 8.73. The Labute approximate surface area is 183 Å². The Bertz CT molecular complexity index is 1380. The maximum absolute atomic E-state index is 12.5. The Hall–Kier alpha value is -4.46. The van der Waals surface area contributed by atoms with Crippen molar-refractivity contribution in [3.63, 3.8) is 0 Å². The lowest BCUT2D eigenvalue weighted by Crippen LogP contribution is -2.13. The molecule has 0 saturated carbocycles. The average molecular weight is 424 g/mol. The van der Waals surface area contributed by atoms with Crippen molar-refractivity contribution in [3.05, 3.63) is 107 Å². The summed E-state index contributed by atoms with van der Waals surface area (Å²) in [5.74, 6) is 1.16. The second-order valence-electron chi connectivity index (χ2n) is 7.19. The van der Waals surface area contributed by atoms with Crippen molar-refractivity contribution in [1.29, 1.82) is 0 Å². The summed E-state index contributed by atoms with van der Waals surface area (Å²) in [6.45, 7) is 0.961. The number of para-hydroxylation sites is 1. The highest BCUT2D eigenvalue weighted by Crippen LogP contribution is 2.17. The number of fused-ring (bicyclic) bond motifs is 1. The molecule has 5 aromatic rings. The Morgan fingerprint density at radius 3 is 2.56 bits per heavy atom. The van der Waals surface area contributed by atoms with E-state index in [0.29, 0.717) is 30.1 Å². The molecule has 5 rings (SSSR count). The van der Waals surface area contributed by atoms with Crippen LogP contribution in [0.4, 0.5) is 5.95 Å². The fraction of sp³-hybridized carbons (Fsp3) is 0.0833. The van der Waals surface area contributed by atoms with E-state index in [0.717, 1.165) is 22.6 Å². The van der Waals surface area contributed by atoms with Gasteiger partial charge in [-0.25, -0.2) is 4.68 Å². The summed E-state index contributed by atoms with van der Waals surface area (Å²) in [6.07, 6.45) is 5.05. The number of nitrogens with zero attached hydrogens (tertiary/aromatic N) is 4. The Balaban J connectivity index is 1.28. The number of aromatic amines is 1. The van der Waals surface area contributed by atoms with Gasteiger partial charge in [-0.05, 0) is 35.9 Å². The van der Waals surface area contributed by atoms with Gasteiger partial charge in [0, 0.05) is 24.5 Å². The molecule has 3 aromatic heterocycles. The Kier molecular flexibility index (Phi) is 5.32. The van der Waals surface area contributed by atoms with Gasteiger partial charge in [-0.1, -0.05) is 36.4 Å². The van der Waals surface area contributed by atoms with Gasteiger partial charge in [-0.15, -0.1) is 0 Å². The van der Waals surface area contributed by atoms with Crippen LogP contribution in [-0.4, -0.2) is 24.7 Å². The maximum atomic E-state index is 12.5. The first kappa shape index (κ1) is 19.5. The molecule has 0 unspecified atom stereocenters. The van der Waals surface area contributed by atoms with Crippen LogP contribution in [0.1, 0.15) is 11.1 Å². The van der Waals surface area contributed by atoms with Crippen LogP contribution in [0.5, 0.6) is 5.75 Å². The minimum absolute atomic E-state index is 0.237. The highest BCUT2D eigenvalue weighted by molar-refractivity contribution is 5.76. The first-order chi connectivity index (χ1) is 15.8. The quantitative estimate of drug-likeness (QED) is 0.414. The predicted octanol–water partition coefficient (Wildman–Crippen LogP) is 3.69. The molecule has 3 heterocycles. The van der Waals surface area contributed by atoms with Crippen molar-refractivity contribution in [2.24, 2.45) is 0 Å². The fourth-order valence-corrected chi connectivity index (χ4v) is 3.30. The van der Waals surface area contributed by atoms with Crippen LogP contribution >= 0.6 is 0 Å². The number of ether oxygens (including phenoxy) is 1. The molecule has 0 aliphatic carbocycles. The SMILES string of the molecule is O=c1[nH]c(NCc2ccc(OCc3cccnc3)cc2)nc2c1cnn2-c1ccccc1. The highest BCUT2D eigenvalue weighted by Gasteiger charge is 2.11. The first-order valence-electron chi connectivity index (χ1n) is 10.1. The van der Waals surface area contributed by atoms with Crippen LogP contribution in [0.25, 0.3) is 16.7 Å². The Morgan fingerprint density at radius 2 is 1.78 bits per heavy atom. The van der Waals surface area contributed by atoms with Crippen LogP contribution in [0.15, 0.2) is 90.1 Å². The van der Waals surface area contributed by atoms with Crippen LogP contribution in [0.3, 0.4) is 0 Å². The van der Waals surface area contributed by atoms with E-state index < -0.39 is 0 Å². The van der Waals surface area contributed by atoms with Crippen molar-refractivity contribution < 1.29 is 4.74 Å². The van der Waals surface area contributed by atoms with Gasteiger partial charge in [0.1, 0.15) is 17.7 Å². The van der Waals surface area contributed by atoms with Crippen LogP contribution in [0, 0.1) is 0 Å². The van der Waals surface area contributed by atoms with Crippen LogP contribution in [0.2, 0.25) is 0 Å². The number of aromatic nitrogens is 5. The van der Waals surface area contributed by atoms with Crippen molar-refractivity contribution in [1.82, 2.24) is 24.7 Å². The zero-order valence-electron chi connectivity index (χ0n) is 17.1. The molecule has 8 nitrogen and oxygen atoms in total. The van der Waals surface area contributed by atoms with Crippen LogP contribution in [-0.2, 0) is 13.2 Å². The van der Waals surface area contributed by atoms with Crippen LogP contribution < -0.4 is 15.6 Å². The summed E-state index contributed by atoms with van der Waals surface area (Å²) in [5, 5.41) is 7.95. The number of anilines is 1. The van der Waals surface area contributed by atoms with Gasteiger partial charge in [0.2, 0.25) is 5.95 Å². The fourth-order valence-electron chi connectivity index (χ4n) is 3.30. The molecule has 0 saturated heterocycles. The molecular weight excluding hydrogens is 404 g/mol. The number of hydrogen-bond acceptors (Lipinski definition) is 6. The van der Waals surface area contributed by atoms with E-state index in [1.807, 2.05) is 66.7 Å². The zero-order chi connectivity index (χ0) is 21.8. The largest absolute Gasteiger partial charge is 0.489 e. The van der Waals surface area contributed by atoms with E-state index in [1.54, 1.807) is 17.1 Å². The van der Waals surface area contributed by atoms with E-state index in [-0.39, 0.29) is 5.56 Å². The standard InChI is InChI=1S/C24H20N6O2/c31-23-21-15-27-30(19-6-2-1-3-7-19)22(21)28-24(29-23)26-14-17-8-10-20(11-9-17)32-16-18-5-4-12-25-13-18/h1-13,15H,14,16H2,(H2,26,28,29,31). The van der Waals surface area contributed by atoms with Gasteiger partial charge in [0.15, 0.2) is 5.65 Å². The number of rotatable bonds is 7. The molecule has 0 fully saturated rings. The van der Waals surface area contributed by atoms with Crippen molar-refractivity contribution in [2.45, 2.75) is 13.2 Å². The third-order valence-corrected chi connectivity index (χ3v) is 4.95. The van der Waals surface area contributed by atoms with Crippen molar-refractivity contribution in [3.8, 4) is 11.4 Å². The minimum atomic E-state index is -0.237. The molecule has 8 heteroatoms. The van der Waals surface area contributed by atoms with E-state index in [4.69, 9.17) is 4.74 Å². The lowest BCUT2D eigenvalue weighted by Gasteiger charge is -2.09. The molecule has 0 spiro atoms. The van der Waals surface area contributed by atoms with E-state index in [2.05, 4.69) is 25.4 Å². The maximum Gasteiger partial charge on any atom is 0.263 e. The lowest BCUT2D eigenvalue weighted by molar-refractivity contribution is 0.305. The molecule has 32 heavy (non-hydrogen) atoms. The lowest BCUT2D eigenvalue weighted by atomic mass is 10.2. The topological polar surface area (TPSA) is 97.7 Å². The highest BCUT2D eigenvalue weighted by atomic mass is 16.5. The summed E-state index contributed by atoms with van der Waals surface area (Å²) < 4.78 is 7.45. The molecule has 0 amide bonds. The summed E-state index contributed by atoms with van der Waals surface area (Å²) in [5.41, 5.74) is 3.14.